The molecule has 7 N–H and O–H groups in total. The molecule has 0 fully saturated rings. The van der Waals surface area contributed by atoms with Crippen molar-refractivity contribution in [2.75, 3.05) is 0 Å². The Balaban J connectivity index is -0.0000000637. The lowest BCUT2D eigenvalue weighted by atomic mass is 10.2. The van der Waals surface area contributed by atoms with Gasteiger partial charge in [0.05, 0.1) is 35.5 Å². The van der Waals surface area contributed by atoms with Crippen LogP contribution in [0.25, 0.3) is 0 Å². The molecule has 0 aliphatic rings. The molecular weight excluding hydrogens is 536 g/mol. The quantitative estimate of drug-likeness (QED) is 0.226. The molecule has 0 bridgehead atoms. The van der Waals surface area contributed by atoms with E-state index >= 15 is 0 Å². The fourth-order valence-electron chi connectivity index (χ4n) is 0. The molecule has 0 aliphatic heterocycles. The smallest absolute Gasteiger partial charge is 0.305 e. The van der Waals surface area contributed by atoms with Crippen molar-refractivity contribution >= 4 is 41.8 Å². The van der Waals surface area contributed by atoms with Crippen LogP contribution in [0.3, 0.4) is 0 Å². The maximum absolute atomic E-state index is 9.70. The van der Waals surface area contributed by atoms with Gasteiger partial charge in [-0.1, -0.05) is 83.1 Å². The second kappa shape index (κ2) is 33.3. The summed E-state index contributed by atoms with van der Waals surface area (Å²) in [4.78, 5) is 67.2. The molecule has 40 heavy (non-hydrogen) atoms. The average Bonchev–Trinajstić information content (AvgIpc) is 2.75. The molecule has 0 aliphatic carbocycles. The molecule has 0 aromatic carbocycles. The summed E-state index contributed by atoms with van der Waals surface area (Å²) in [5.41, 5.74) is 0. The van der Waals surface area contributed by atoms with Crippen LogP contribution in [0.2, 0.25) is 0 Å². The third-order valence-corrected chi connectivity index (χ3v) is 2.96. The summed E-state index contributed by atoms with van der Waals surface area (Å²) < 4.78 is 0. The van der Waals surface area contributed by atoms with E-state index in [0.29, 0.717) is 0 Å². The van der Waals surface area contributed by atoms with Gasteiger partial charge in [0.1, 0.15) is 0 Å². The third-order valence-electron chi connectivity index (χ3n) is 2.96. The molecule has 0 rings (SSSR count). The highest BCUT2D eigenvalue weighted by Crippen LogP contribution is 1.89. The molecule has 0 spiro atoms. The molecule has 0 unspecified atom stereocenters. The first kappa shape index (κ1) is 52.7. The molecule has 240 valence electrons. The summed E-state index contributed by atoms with van der Waals surface area (Å²) in [7, 11) is 0. The number of carbonyl (C=O) groups is 7. The summed E-state index contributed by atoms with van der Waals surface area (Å²) in [6.07, 6.45) is 0. The Morgan fingerprint density at radius 3 is 0.325 bits per heavy atom. The van der Waals surface area contributed by atoms with E-state index in [0.717, 1.165) is 6.92 Å². The van der Waals surface area contributed by atoms with Crippen LogP contribution in [0.4, 0.5) is 0 Å². The van der Waals surface area contributed by atoms with Gasteiger partial charge in [-0.15, -0.1) is 0 Å². The summed E-state index contributed by atoms with van der Waals surface area (Å²) in [6, 6.07) is 0. The Kier molecular flexibility index (Phi) is 43.9. The number of hydrogen-bond donors (Lipinski definition) is 7. The van der Waals surface area contributed by atoms with Crippen LogP contribution in [0.15, 0.2) is 0 Å². The fourth-order valence-corrected chi connectivity index (χ4v) is 0. The predicted octanol–water partition coefficient (Wildman–Crippen LogP) is 4.45. The zero-order valence-corrected chi connectivity index (χ0v) is 26.0. The van der Waals surface area contributed by atoms with Gasteiger partial charge in [-0.2, -0.15) is 0 Å². The van der Waals surface area contributed by atoms with Gasteiger partial charge in [-0.05, 0) is 0 Å². The molecule has 0 saturated carbocycles. The summed E-state index contributed by atoms with van der Waals surface area (Å²) in [5.74, 6) is -6.67. The van der Waals surface area contributed by atoms with Gasteiger partial charge in [-0.3, -0.25) is 33.6 Å². The maximum Gasteiger partial charge on any atom is 0.305 e. The van der Waals surface area contributed by atoms with E-state index in [-0.39, 0.29) is 35.5 Å². The SMILES string of the molecule is CC(=O)O.CC(C)C(=O)O.CC(C)C(=O)O.CC(C)C(=O)O.CC(C)C(=O)O.CC(C)C(=O)O.CC(C)C(=O)O. The van der Waals surface area contributed by atoms with Crippen molar-refractivity contribution < 1.29 is 69.3 Å². The van der Waals surface area contributed by atoms with Gasteiger partial charge in [0.15, 0.2) is 0 Å². The number of carboxylic acids is 7. The second-order valence-corrected chi connectivity index (χ2v) is 9.48. The van der Waals surface area contributed by atoms with Crippen molar-refractivity contribution in [3.8, 4) is 0 Å². The number of aliphatic carboxylic acids is 7. The minimum absolute atomic E-state index is 0.231. The number of carboxylic acid groups (broad SMARTS) is 7. The molecule has 0 amide bonds. The van der Waals surface area contributed by atoms with Gasteiger partial charge >= 0.3 is 35.8 Å². The minimum atomic E-state index is -0.833. The van der Waals surface area contributed by atoms with Crippen molar-refractivity contribution in [3.05, 3.63) is 0 Å². The first-order valence-electron chi connectivity index (χ1n) is 12.2. The van der Waals surface area contributed by atoms with Crippen LogP contribution in [0, 0.1) is 35.5 Å². The van der Waals surface area contributed by atoms with E-state index in [1.165, 1.54) is 0 Å². The monoisotopic (exact) mass is 588 g/mol. The first-order chi connectivity index (χ1) is 17.6. The minimum Gasteiger partial charge on any atom is -0.481 e. The summed E-state index contributed by atoms with van der Waals surface area (Å²) in [6.45, 7) is 20.8. The van der Waals surface area contributed by atoms with Crippen LogP contribution < -0.4 is 0 Å². The highest BCUT2D eigenvalue weighted by Gasteiger charge is 2.01. The third kappa shape index (κ3) is 92.3. The van der Waals surface area contributed by atoms with E-state index in [1.807, 2.05) is 0 Å². The van der Waals surface area contributed by atoms with Crippen LogP contribution >= 0.6 is 0 Å². The molecule has 14 heteroatoms. The topological polar surface area (TPSA) is 261 Å². The largest absolute Gasteiger partial charge is 0.481 e. The zero-order chi connectivity index (χ0) is 34.5. The van der Waals surface area contributed by atoms with Crippen LogP contribution in [0.1, 0.15) is 90.0 Å². The Morgan fingerprint density at radius 1 is 0.300 bits per heavy atom. The normalized spacial score (nSPS) is 8.88. The summed E-state index contributed by atoms with van der Waals surface area (Å²) in [5, 5.41) is 55.4. The van der Waals surface area contributed by atoms with Crippen molar-refractivity contribution in [1.29, 1.82) is 0 Å². The average molecular weight is 589 g/mol. The van der Waals surface area contributed by atoms with Gasteiger partial charge in [0.25, 0.3) is 5.97 Å². The fraction of sp³-hybridized carbons (Fsp3) is 0.731. The maximum atomic E-state index is 9.70. The second-order valence-electron chi connectivity index (χ2n) is 9.48. The molecule has 0 aromatic rings. The summed E-state index contributed by atoms with van der Waals surface area (Å²) >= 11 is 0. The van der Waals surface area contributed by atoms with Crippen molar-refractivity contribution in [2.24, 2.45) is 35.5 Å². The lowest BCUT2D eigenvalue weighted by Gasteiger charge is -1.89. The first-order valence-corrected chi connectivity index (χ1v) is 12.2. The molecule has 14 nitrogen and oxygen atoms in total. The molecule has 0 radical (unpaired) electrons. The van der Waals surface area contributed by atoms with Crippen molar-refractivity contribution in [1.82, 2.24) is 0 Å². The molecule has 0 aromatic heterocycles. The van der Waals surface area contributed by atoms with E-state index in [1.54, 1.807) is 83.1 Å². The molecular formula is C26H52O14. The Labute approximate surface area is 237 Å². The van der Waals surface area contributed by atoms with Gasteiger partial charge in [0, 0.05) is 6.92 Å². The zero-order valence-electron chi connectivity index (χ0n) is 26.0. The molecule has 0 saturated heterocycles. The number of hydrogen-bond acceptors (Lipinski definition) is 7. The van der Waals surface area contributed by atoms with Crippen LogP contribution in [-0.4, -0.2) is 77.5 Å². The van der Waals surface area contributed by atoms with Crippen LogP contribution in [0.5, 0.6) is 0 Å². The van der Waals surface area contributed by atoms with Crippen LogP contribution in [-0.2, 0) is 33.6 Å². The predicted molar refractivity (Wildman–Crippen MR) is 148 cm³/mol. The lowest BCUT2D eigenvalue weighted by Crippen LogP contribution is -2.03. The van der Waals surface area contributed by atoms with Gasteiger partial charge < -0.3 is 35.7 Å². The van der Waals surface area contributed by atoms with E-state index in [9.17, 15) is 28.8 Å². The van der Waals surface area contributed by atoms with Crippen molar-refractivity contribution in [2.45, 2.75) is 90.0 Å². The Morgan fingerprint density at radius 2 is 0.325 bits per heavy atom. The van der Waals surface area contributed by atoms with E-state index < -0.39 is 41.8 Å². The Bertz CT molecular complexity index is 563. The van der Waals surface area contributed by atoms with E-state index in [2.05, 4.69) is 0 Å². The lowest BCUT2D eigenvalue weighted by molar-refractivity contribution is -0.141. The highest BCUT2D eigenvalue weighted by atomic mass is 16.4. The van der Waals surface area contributed by atoms with E-state index in [4.69, 9.17) is 40.5 Å². The number of rotatable bonds is 6. The molecule has 0 atom stereocenters. The molecule has 0 heterocycles. The Hall–Kier alpha value is -3.71. The highest BCUT2D eigenvalue weighted by molar-refractivity contribution is 5.70. The van der Waals surface area contributed by atoms with Gasteiger partial charge in [-0.25, -0.2) is 0 Å². The van der Waals surface area contributed by atoms with Gasteiger partial charge in [0.2, 0.25) is 0 Å². The standard InChI is InChI=1S/6C4H8O2.C2H4O2/c6*1-3(2)4(5)6;1-2(3)4/h6*3H,1-2H3,(H,5,6);1H3,(H,3,4). The van der Waals surface area contributed by atoms with Crippen molar-refractivity contribution in [3.63, 3.8) is 0 Å².